The quantitative estimate of drug-likeness (QED) is 0.552. The van der Waals surface area contributed by atoms with E-state index in [0.717, 1.165) is 5.56 Å². The number of nitrogen functional groups attached to an aromatic ring is 2. The number of anilines is 2. The van der Waals surface area contributed by atoms with Gasteiger partial charge in [-0.25, -0.2) is 9.67 Å². The van der Waals surface area contributed by atoms with Crippen molar-refractivity contribution in [3.63, 3.8) is 0 Å². The van der Waals surface area contributed by atoms with Crippen LogP contribution in [-0.4, -0.2) is 25.0 Å². The standard InChI is InChI=1S/C15H13N7O/c16-10-5-3-9(4-6-10)8-22-14-13(20-21-22)12(18-15(17)19-14)11-2-1-7-23-11/h1-7H,8,16H2,(H2,17,18,19). The average Bonchev–Trinajstić information content (AvgIpc) is 3.19. The third kappa shape index (κ3) is 2.35. The molecule has 4 rings (SSSR count). The van der Waals surface area contributed by atoms with Crippen LogP contribution in [0.1, 0.15) is 5.56 Å². The van der Waals surface area contributed by atoms with Crippen molar-refractivity contribution >= 4 is 22.8 Å². The minimum atomic E-state index is 0.143. The fourth-order valence-electron chi connectivity index (χ4n) is 2.36. The van der Waals surface area contributed by atoms with Crippen LogP contribution in [0.4, 0.5) is 11.6 Å². The Morgan fingerprint density at radius 1 is 1.04 bits per heavy atom. The summed E-state index contributed by atoms with van der Waals surface area (Å²) in [5.41, 5.74) is 14.9. The van der Waals surface area contributed by atoms with E-state index in [1.807, 2.05) is 24.3 Å². The van der Waals surface area contributed by atoms with Crippen LogP contribution in [0.15, 0.2) is 47.1 Å². The number of fused-ring (bicyclic) bond motifs is 1. The fourth-order valence-corrected chi connectivity index (χ4v) is 2.36. The molecule has 0 radical (unpaired) electrons. The van der Waals surface area contributed by atoms with Gasteiger partial charge < -0.3 is 15.9 Å². The Labute approximate surface area is 130 Å². The Morgan fingerprint density at radius 3 is 2.61 bits per heavy atom. The van der Waals surface area contributed by atoms with Crippen LogP contribution >= 0.6 is 0 Å². The molecule has 0 amide bonds. The van der Waals surface area contributed by atoms with Gasteiger partial charge in [-0.15, -0.1) is 5.10 Å². The Morgan fingerprint density at radius 2 is 1.87 bits per heavy atom. The van der Waals surface area contributed by atoms with Crippen molar-refractivity contribution in [2.45, 2.75) is 6.54 Å². The largest absolute Gasteiger partial charge is 0.463 e. The van der Waals surface area contributed by atoms with Gasteiger partial charge in [0.2, 0.25) is 5.95 Å². The van der Waals surface area contributed by atoms with Gasteiger partial charge in [0.15, 0.2) is 16.9 Å². The van der Waals surface area contributed by atoms with Gasteiger partial charge >= 0.3 is 0 Å². The maximum atomic E-state index is 5.82. The maximum absolute atomic E-state index is 5.82. The van der Waals surface area contributed by atoms with E-state index in [1.165, 1.54) is 0 Å². The number of benzene rings is 1. The zero-order valence-electron chi connectivity index (χ0n) is 12.0. The zero-order valence-corrected chi connectivity index (χ0v) is 12.0. The molecule has 4 N–H and O–H groups in total. The first kappa shape index (κ1) is 13.3. The molecule has 4 aromatic rings. The molecule has 3 aromatic heterocycles. The SMILES string of the molecule is Nc1ccc(Cn2nnc3c(-c4ccco4)nc(N)nc32)cc1. The van der Waals surface area contributed by atoms with Crippen LogP contribution in [0.2, 0.25) is 0 Å². The second-order valence-electron chi connectivity index (χ2n) is 5.07. The van der Waals surface area contributed by atoms with Crippen LogP contribution < -0.4 is 11.5 Å². The van der Waals surface area contributed by atoms with Crippen molar-refractivity contribution in [3.05, 3.63) is 48.2 Å². The second-order valence-corrected chi connectivity index (χ2v) is 5.07. The van der Waals surface area contributed by atoms with Gasteiger partial charge in [-0.2, -0.15) is 4.98 Å². The molecule has 0 saturated heterocycles. The van der Waals surface area contributed by atoms with Gasteiger partial charge in [0.1, 0.15) is 5.69 Å². The number of furan rings is 1. The van der Waals surface area contributed by atoms with Crippen molar-refractivity contribution in [3.8, 4) is 11.5 Å². The highest BCUT2D eigenvalue weighted by Gasteiger charge is 2.17. The maximum Gasteiger partial charge on any atom is 0.222 e. The summed E-state index contributed by atoms with van der Waals surface area (Å²) in [6.07, 6.45) is 1.57. The lowest BCUT2D eigenvalue weighted by Gasteiger charge is -2.04. The van der Waals surface area contributed by atoms with Crippen molar-refractivity contribution in [1.82, 2.24) is 25.0 Å². The highest BCUT2D eigenvalue weighted by molar-refractivity contribution is 5.85. The van der Waals surface area contributed by atoms with Crippen LogP contribution in [-0.2, 0) is 6.54 Å². The number of nitrogens with two attached hydrogens (primary N) is 2. The highest BCUT2D eigenvalue weighted by atomic mass is 16.3. The third-order valence-electron chi connectivity index (χ3n) is 3.45. The lowest BCUT2D eigenvalue weighted by Crippen LogP contribution is -2.05. The summed E-state index contributed by atoms with van der Waals surface area (Å²) >= 11 is 0. The molecule has 0 atom stereocenters. The molecule has 0 spiro atoms. The fraction of sp³-hybridized carbons (Fsp3) is 0.0667. The number of hydrogen-bond donors (Lipinski definition) is 2. The van der Waals surface area contributed by atoms with Gasteiger partial charge in [-0.1, -0.05) is 17.3 Å². The van der Waals surface area contributed by atoms with Gasteiger partial charge in [0.25, 0.3) is 0 Å². The molecule has 8 nitrogen and oxygen atoms in total. The minimum absolute atomic E-state index is 0.143. The lowest BCUT2D eigenvalue weighted by molar-refractivity contribution is 0.580. The van der Waals surface area contributed by atoms with Crippen molar-refractivity contribution < 1.29 is 4.42 Å². The molecular formula is C15H13N7O. The van der Waals surface area contributed by atoms with E-state index >= 15 is 0 Å². The monoisotopic (exact) mass is 307 g/mol. The minimum Gasteiger partial charge on any atom is -0.463 e. The Kier molecular flexibility index (Phi) is 2.94. The molecule has 0 aliphatic rings. The Bertz CT molecular complexity index is 958. The molecule has 3 heterocycles. The highest BCUT2D eigenvalue weighted by Crippen LogP contribution is 2.25. The second kappa shape index (κ2) is 5.09. The summed E-state index contributed by atoms with van der Waals surface area (Å²) in [7, 11) is 0. The molecule has 0 unspecified atom stereocenters. The summed E-state index contributed by atoms with van der Waals surface area (Å²) in [4.78, 5) is 8.47. The van der Waals surface area contributed by atoms with Crippen LogP contribution in [0.3, 0.4) is 0 Å². The van der Waals surface area contributed by atoms with E-state index in [-0.39, 0.29) is 5.95 Å². The number of rotatable bonds is 3. The third-order valence-corrected chi connectivity index (χ3v) is 3.45. The smallest absolute Gasteiger partial charge is 0.222 e. The van der Waals surface area contributed by atoms with Gasteiger partial charge in [-0.3, -0.25) is 0 Å². The first-order valence-corrected chi connectivity index (χ1v) is 6.96. The molecule has 0 fully saturated rings. The van der Waals surface area contributed by atoms with E-state index in [1.54, 1.807) is 23.1 Å². The molecule has 23 heavy (non-hydrogen) atoms. The van der Waals surface area contributed by atoms with E-state index in [4.69, 9.17) is 15.9 Å². The summed E-state index contributed by atoms with van der Waals surface area (Å²) in [6.45, 7) is 0.505. The van der Waals surface area contributed by atoms with Crippen molar-refractivity contribution in [1.29, 1.82) is 0 Å². The zero-order chi connectivity index (χ0) is 15.8. The first-order chi connectivity index (χ1) is 11.2. The van der Waals surface area contributed by atoms with E-state index in [0.29, 0.717) is 34.9 Å². The van der Waals surface area contributed by atoms with Crippen molar-refractivity contribution in [2.75, 3.05) is 11.5 Å². The summed E-state index contributed by atoms with van der Waals surface area (Å²) < 4.78 is 7.06. The van der Waals surface area contributed by atoms with Gasteiger partial charge in [0, 0.05) is 5.69 Å². The predicted octanol–water partition coefficient (Wildman–Crippen LogP) is 1.69. The number of hydrogen-bond acceptors (Lipinski definition) is 7. The molecule has 0 saturated carbocycles. The first-order valence-electron chi connectivity index (χ1n) is 6.96. The topological polar surface area (TPSA) is 122 Å². The van der Waals surface area contributed by atoms with Gasteiger partial charge in [-0.05, 0) is 29.8 Å². The molecule has 0 bridgehead atoms. The van der Waals surface area contributed by atoms with E-state index < -0.39 is 0 Å². The van der Waals surface area contributed by atoms with Gasteiger partial charge in [0.05, 0.1) is 12.8 Å². The molecule has 114 valence electrons. The van der Waals surface area contributed by atoms with Crippen LogP contribution in [0.25, 0.3) is 22.6 Å². The lowest BCUT2D eigenvalue weighted by atomic mass is 10.2. The molecular weight excluding hydrogens is 294 g/mol. The summed E-state index contributed by atoms with van der Waals surface area (Å²) in [6, 6.07) is 11.1. The Balaban J connectivity index is 1.81. The van der Waals surface area contributed by atoms with E-state index in [2.05, 4.69) is 20.3 Å². The number of aromatic nitrogens is 5. The molecule has 8 heteroatoms. The predicted molar refractivity (Wildman–Crippen MR) is 85.2 cm³/mol. The summed E-state index contributed by atoms with van der Waals surface area (Å²) in [5.74, 6) is 0.716. The molecule has 1 aromatic carbocycles. The van der Waals surface area contributed by atoms with Crippen LogP contribution in [0.5, 0.6) is 0 Å². The Hall–Kier alpha value is -3.42. The van der Waals surface area contributed by atoms with Crippen molar-refractivity contribution in [2.24, 2.45) is 0 Å². The summed E-state index contributed by atoms with van der Waals surface area (Å²) in [5, 5.41) is 8.34. The molecule has 0 aliphatic carbocycles. The normalized spacial score (nSPS) is 11.1. The van der Waals surface area contributed by atoms with Crippen LogP contribution in [0, 0.1) is 0 Å². The number of nitrogens with zero attached hydrogens (tertiary/aromatic N) is 5. The van der Waals surface area contributed by atoms with E-state index in [9.17, 15) is 0 Å². The molecule has 0 aliphatic heterocycles. The average molecular weight is 307 g/mol.